The highest BCUT2D eigenvalue weighted by Gasteiger charge is 2.31. The van der Waals surface area contributed by atoms with Gasteiger partial charge in [-0.25, -0.2) is 9.78 Å². The van der Waals surface area contributed by atoms with Crippen molar-refractivity contribution in [3.63, 3.8) is 0 Å². The smallest absolute Gasteiger partial charge is 0.337 e. The van der Waals surface area contributed by atoms with E-state index in [9.17, 15) is 4.79 Å². The van der Waals surface area contributed by atoms with Crippen molar-refractivity contribution in [3.05, 3.63) is 23.4 Å². The van der Waals surface area contributed by atoms with Crippen LogP contribution in [0.25, 0.3) is 0 Å². The highest BCUT2D eigenvalue weighted by atomic mass is 16.4. The van der Waals surface area contributed by atoms with Crippen LogP contribution in [0.1, 0.15) is 42.2 Å². The van der Waals surface area contributed by atoms with Crippen molar-refractivity contribution < 1.29 is 9.90 Å². The molecule has 0 atom stereocenters. The second-order valence-corrected chi connectivity index (χ2v) is 4.67. The first-order valence-corrected chi connectivity index (χ1v) is 5.49. The maximum absolute atomic E-state index is 10.8. The summed E-state index contributed by atoms with van der Waals surface area (Å²) in [6.07, 6.45) is 3.54. The molecule has 4 nitrogen and oxygen atoms in total. The first-order valence-electron chi connectivity index (χ1n) is 5.49. The Morgan fingerprint density at radius 3 is 2.62 bits per heavy atom. The number of pyridine rings is 1. The minimum Gasteiger partial charge on any atom is -0.478 e. The molecule has 1 aromatic rings. The van der Waals surface area contributed by atoms with Gasteiger partial charge in [-0.05, 0) is 45.2 Å². The van der Waals surface area contributed by atoms with Crippen LogP contribution in [-0.4, -0.2) is 21.6 Å². The summed E-state index contributed by atoms with van der Waals surface area (Å²) in [6, 6.07) is 3.34. The van der Waals surface area contributed by atoms with Gasteiger partial charge in [-0.3, -0.25) is 0 Å². The molecule has 2 N–H and O–H groups in total. The number of nitrogens with zero attached hydrogens (tertiary/aromatic N) is 1. The monoisotopic (exact) mass is 220 g/mol. The van der Waals surface area contributed by atoms with Gasteiger partial charge < -0.3 is 10.4 Å². The van der Waals surface area contributed by atoms with E-state index in [2.05, 4.69) is 17.2 Å². The summed E-state index contributed by atoms with van der Waals surface area (Å²) in [5, 5.41) is 12.2. The molecule has 86 valence electrons. The van der Waals surface area contributed by atoms with Crippen LogP contribution in [-0.2, 0) is 0 Å². The van der Waals surface area contributed by atoms with Crippen molar-refractivity contribution in [1.82, 2.24) is 4.98 Å². The van der Waals surface area contributed by atoms with E-state index >= 15 is 0 Å². The fraction of sp³-hybridized carbons (Fsp3) is 0.500. The van der Waals surface area contributed by atoms with E-state index in [1.165, 1.54) is 6.42 Å². The van der Waals surface area contributed by atoms with Gasteiger partial charge in [0, 0.05) is 5.54 Å². The minimum absolute atomic E-state index is 0.143. The van der Waals surface area contributed by atoms with Gasteiger partial charge in [0.15, 0.2) is 0 Å². The predicted molar refractivity (Wildman–Crippen MR) is 61.8 cm³/mol. The lowest BCUT2D eigenvalue weighted by molar-refractivity contribution is 0.0695. The molecular formula is C12H16N2O2. The van der Waals surface area contributed by atoms with Gasteiger partial charge in [-0.1, -0.05) is 0 Å². The fourth-order valence-corrected chi connectivity index (χ4v) is 2.00. The quantitative estimate of drug-likeness (QED) is 0.821. The Bertz CT molecular complexity index is 425. The number of aromatic nitrogens is 1. The zero-order valence-corrected chi connectivity index (χ0v) is 9.58. The van der Waals surface area contributed by atoms with Gasteiger partial charge in [0.1, 0.15) is 5.82 Å². The Morgan fingerprint density at radius 2 is 2.19 bits per heavy atom. The lowest BCUT2D eigenvalue weighted by Crippen LogP contribution is -2.41. The molecule has 1 heterocycles. The molecule has 0 aromatic carbocycles. The second kappa shape index (κ2) is 3.77. The van der Waals surface area contributed by atoms with Crippen LogP contribution in [0, 0.1) is 6.92 Å². The Hall–Kier alpha value is -1.58. The van der Waals surface area contributed by atoms with Crippen LogP contribution >= 0.6 is 0 Å². The Balaban J connectivity index is 2.18. The van der Waals surface area contributed by atoms with Crippen LogP contribution in [0.15, 0.2) is 12.1 Å². The van der Waals surface area contributed by atoms with E-state index in [0.717, 1.165) is 18.7 Å². The Morgan fingerprint density at radius 1 is 1.50 bits per heavy atom. The van der Waals surface area contributed by atoms with Gasteiger partial charge >= 0.3 is 5.97 Å². The number of hydrogen-bond acceptors (Lipinski definition) is 3. The third kappa shape index (κ3) is 2.01. The third-order valence-electron chi connectivity index (χ3n) is 3.20. The lowest BCUT2D eigenvalue weighted by Gasteiger charge is -2.39. The van der Waals surface area contributed by atoms with Crippen molar-refractivity contribution in [1.29, 1.82) is 0 Å². The van der Waals surface area contributed by atoms with Crippen molar-refractivity contribution in [3.8, 4) is 0 Å². The van der Waals surface area contributed by atoms with Crippen molar-refractivity contribution >= 4 is 11.8 Å². The Labute approximate surface area is 94.7 Å². The van der Waals surface area contributed by atoms with E-state index in [4.69, 9.17) is 5.11 Å². The number of hydrogen-bond donors (Lipinski definition) is 2. The highest BCUT2D eigenvalue weighted by molar-refractivity contribution is 5.89. The molecule has 0 spiro atoms. The van der Waals surface area contributed by atoms with Crippen LogP contribution < -0.4 is 5.32 Å². The van der Waals surface area contributed by atoms with Crippen molar-refractivity contribution in [2.24, 2.45) is 0 Å². The maximum Gasteiger partial charge on any atom is 0.337 e. The molecule has 0 bridgehead atoms. The summed E-state index contributed by atoms with van der Waals surface area (Å²) in [5.74, 6) is -0.156. The number of carboxylic acids is 1. The molecule has 1 saturated carbocycles. The molecule has 2 rings (SSSR count). The van der Waals surface area contributed by atoms with E-state index in [-0.39, 0.29) is 11.1 Å². The van der Waals surface area contributed by atoms with Gasteiger partial charge in [-0.15, -0.1) is 0 Å². The summed E-state index contributed by atoms with van der Waals surface area (Å²) < 4.78 is 0. The number of rotatable bonds is 3. The van der Waals surface area contributed by atoms with E-state index in [0.29, 0.717) is 5.69 Å². The van der Waals surface area contributed by atoms with Crippen LogP contribution in [0.5, 0.6) is 0 Å². The van der Waals surface area contributed by atoms with Gasteiger partial charge in [0.05, 0.1) is 11.3 Å². The van der Waals surface area contributed by atoms with Crippen molar-refractivity contribution in [2.75, 3.05) is 5.32 Å². The van der Waals surface area contributed by atoms with Crippen LogP contribution in [0.2, 0.25) is 0 Å². The zero-order valence-electron chi connectivity index (χ0n) is 9.58. The Kier molecular flexibility index (Phi) is 2.58. The highest BCUT2D eigenvalue weighted by Crippen LogP contribution is 2.34. The molecule has 1 fully saturated rings. The summed E-state index contributed by atoms with van der Waals surface area (Å²) in [4.78, 5) is 15.1. The minimum atomic E-state index is -0.925. The number of carbonyl (C=O) groups is 1. The molecule has 1 aliphatic carbocycles. The third-order valence-corrected chi connectivity index (χ3v) is 3.20. The standard InChI is InChI=1S/C12H16N2O2/c1-8-9(11(15)16)4-5-10(13-8)14-12(2)6-3-7-12/h4-5H,3,6-7H2,1-2H3,(H,13,14)(H,15,16). The number of anilines is 1. The molecule has 4 heteroatoms. The fourth-order valence-electron chi connectivity index (χ4n) is 2.00. The van der Waals surface area contributed by atoms with Crippen molar-refractivity contribution in [2.45, 2.75) is 38.6 Å². The van der Waals surface area contributed by atoms with E-state index < -0.39 is 5.97 Å². The maximum atomic E-state index is 10.8. The van der Waals surface area contributed by atoms with Crippen LogP contribution in [0.3, 0.4) is 0 Å². The van der Waals surface area contributed by atoms with Crippen LogP contribution in [0.4, 0.5) is 5.82 Å². The average Bonchev–Trinajstić information content (AvgIpc) is 2.14. The molecule has 0 aliphatic heterocycles. The first-order chi connectivity index (χ1) is 7.50. The van der Waals surface area contributed by atoms with E-state index in [1.807, 2.05) is 0 Å². The molecule has 16 heavy (non-hydrogen) atoms. The number of carboxylic acid groups (broad SMARTS) is 1. The topological polar surface area (TPSA) is 62.2 Å². The number of aryl methyl sites for hydroxylation is 1. The average molecular weight is 220 g/mol. The molecule has 1 aliphatic rings. The zero-order chi connectivity index (χ0) is 11.8. The first kappa shape index (κ1) is 10.9. The van der Waals surface area contributed by atoms with Gasteiger partial charge in [0.25, 0.3) is 0 Å². The van der Waals surface area contributed by atoms with Gasteiger partial charge in [0.2, 0.25) is 0 Å². The summed E-state index contributed by atoms with van der Waals surface area (Å²) in [6.45, 7) is 3.89. The normalized spacial score (nSPS) is 17.6. The summed E-state index contributed by atoms with van der Waals surface area (Å²) in [5.41, 5.74) is 0.967. The number of aromatic carboxylic acids is 1. The molecule has 1 aromatic heterocycles. The van der Waals surface area contributed by atoms with E-state index in [1.54, 1.807) is 19.1 Å². The summed E-state index contributed by atoms with van der Waals surface area (Å²) in [7, 11) is 0. The largest absolute Gasteiger partial charge is 0.478 e. The second-order valence-electron chi connectivity index (χ2n) is 4.67. The lowest BCUT2D eigenvalue weighted by atomic mass is 9.78. The molecule has 0 saturated heterocycles. The molecule has 0 radical (unpaired) electrons. The summed E-state index contributed by atoms with van der Waals surface area (Å²) >= 11 is 0. The SMILES string of the molecule is Cc1nc(NC2(C)CCC2)ccc1C(=O)O. The predicted octanol–water partition coefficient (Wildman–Crippen LogP) is 2.44. The molecule has 0 amide bonds. The molecular weight excluding hydrogens is 204 g/mol. The number of nitrogens with one attached hydrogen (secondary N) is 1. The van der Waals surface area contributed by atoms with Gasteiger partial charge in [-0.2, -0.15) is 0 Å². The molecule has 0 unspecified atom stereocenters.